The van der Waals surface area contributed by atoms with E-state index in [1.807, 2.05) is 31.3 Å². The van der Waals surface area contributed by atoms with Gasteiger partial charge < -0.3 is 10.6 Å². The molecule has 0 aliphatic rings. The van der Waals surface area contributed by atoms with Crippen LogP contribution >= 0.6 is 0 Å². The molecule has 1 aromatic heterocycles. The van der Waals surface area contributed by atoms with Crippen molar-refractivity contribution in [1.29, 1.82) is 0 Å². The van der Waals surface area contributed by atoms with Crippen molar-refractivity contribution < 1.29 is 0 Å². The summed E-state index contributed by atoms with van der Waals surface area (Å²) in [5, 5.41) is 0. The summed E-state index contributed by atoms with van der Waals surface area (Å²) in [6.45, 7) is 2.80. The van der Waals surface area contributed by atoms with Gasteiger partial charge in [-0.05, 0) is 36.8 Å². The van der Waals surface area contributed by atoms with Gasteiger partial charge in [-0.3, -0.25) is 4.98 Å². The summed E-state index contributed by atoms with van der Waals surface area (Å²) >= 11 is 0. The van der Waals surface area contributed by atoms with Gasteiger partial charge in [0.1, 0.15) is 0 Å². The summed E-state index contributed by atoms with van der Waals surface area (Å²) in [4.78, 5) is 6.50. The monoisotopic (exact) mass is 241 g/mol. The van der Waals surface area contributed by atoms with E-state index in [0.29, 0.717) is 0 Å². The molecule has 0 bridgehead atoms. The number of nitrogens with two attached hydrogens (primary N) is 1. The zero-order valence-electron chi connectivity index (χ0n) is 10.9. The fourth-order valence-corrected chi connectivity index (χ4v) is 1.86. The first kappa shape index (κ1) is 12.6. The first-order chi connectivity index (χ1) is 8.66. The van der Waals surface area contributed by atoms with Gasteiger partial charge in [-0.15, -0.1) is 0 Å². The lowest BCUT2D eigenvalue weighted by molar-refractivity contribution is 0.816. The highest BCUT2D eigenvalue weighted by molar-refractivity contribution is 5.47. The molecule has 18 heavy (non-hydrogen) atoms. The van der Waals surface area contributed by atoms with E-state index in [1.165, 1.54) is 5.69 Å². The van der Waals surface area contributed by atoms with Crippen LogP contribution in [-0.2, 0) is 6.54 Å². The second kappa shape index (κ2) is 5.65. The van der Waals surface area contributed by atoms with Gasteiger partial charge in [0.05, 0.1) is 12.2 Å². The molecule has 0 saturated carbocycles. The number of pyridine rings is 1. The molecule has 1 heterocycles. The van der Waals surface area contributed by atoms with Crippen molar-refractivity contribution in [2.24, 2.45) is 5.73 Å². The van der Waals surface area contributed by atoms with E-state index >= 15 is 0 Å². The molecule has 0 aliphatic carbocycles. The smallest absolute Gasteiger partial charge is 0.0598 e. The van der Waals surface area contributed by atoms with Crippen LogP contribution in [0, 0.1) is 0 Å². The molecule has 0 radical (unpaired) electrons. The summed E-state index contributed by atoms with van der Waals surface area (Å²) in [5.74, 6) is 0. The van der Waals surface area contributed by atoms with Crippen molar-refractivity contribution in [3.63, 3.8) is 0 Å². The Morgan fingerprint density at radius 3 is 2.44 bits per heavy atom. The van der Waals surface area contributed by atoms with E-state index in [-0.39, 0.29) is 6.04 Å². The average Bonchev–Trinajstić information content (AvgIpc) is 2.40. The Morgan fingerprint density at radius 1 is 1.17 bits per heavy atom. The van der Waals surface area contributed by atoms with Crippen LogP contribution in [0.5, 0.6) is 0 Å². The standard InChI is InChI=1S/C15H19N3/c1-12(16)13-6-8-15(9-7-13)18(2)11-14-5-3-4-10-17-14/h3-10,12H,11,16H2,1-2H3/t12-/m0/s1. The number of nitrogens with zero attached hydrogens (tertiary/aromatic N) is 2. The van der Waals surface area contributed by atoms with E-state index in [1.54, 1.807) is 0 Å². The quantitative estimate of drug-likeness (QED) is 0.895. The van der Waals surface area contributed by atoms with Crippen molar-refractivity contribution >= 4 is 5.69 Å². The van der Waals surface area contributed by atoms with E-state index in [9.17, 15) is 0 Å². The van der Waals surface area contributed by atoms with Crippen molar-refractivity contribution in [2.45, 2.75) is 19.5 Å². The van der Waals surface area contributed by atoms with E-state index in [0.717, 1.165) is 17.8 Å². The minimum atomic E-state index is 0.0835. The van der Waals surface area contributed by atoms with Gasteiger partial charge >= 0.3 is 0 Å². The third-order valence-electron chi connectivity index (χ3n) is 2.98. The molecule has 3 heteroatoms. The lowest BCUT2D eigenvalue weighted by Crippen LogP contribution is -2.17. The molecule has 2 rings (SSSR count). The predicted molar refractivity (Wildman–Crippen MR) is 75.4 cm³/mol. The summed E-state index contributed by atoms with van der Waals surface area (Å²) in [7, 11) is 2.07. The molecular formula is C15H19N3. The maximum atomic E-state index is 5.84. The van der Waals surface area contributed by atoms with Gasteiger partial charge in [0.15, 0.2) is 0 Å². The molecule has 0 amide bonds. The van der Waals surface area contributed by atoms with Crippen LogP contribution in [0.2, 0.25) is 0 Å². The fourth-order valence-electron chi connectivity index (χ4n) is 1.86. The number of anilines is 1. The minimum Gasteiger partial charge on any atom is -0.369 e. The molecule has 0 fully saturated rings. The number of benzene rings is 1. The molecule has 1 atom stereocenters. The molecule has 0 saturated heterocycles. The van der Waals surface area contributed by atoms with Crippen LogP contribution in [-0.4, -0.2) is 12.0 Å². The number of hydrogen-bond acceptors (Lipinski definition) is 3. The molecule has 0 aliphatic heterocycles. The fraction of sp³-hybridized carbons (Fsp3) is 0.267. The molecule has 2 aromatic rings. The summed E-state index contributed by atoms with van der Waals surface area (Å²) in [5.41, 5.74) is 9.23. The maximum absolute atomic E-state index is 5.84. The van der Waals surface area contributed by atoms with E-state index < -0.39 is 0 Å². The second-order valence-corrected chi connectivity index (χ2v) is 4.56. The highest BCUT2D eigenvalue weighted by Crippen LogP contribution is 2.18. The number of hydrogen-bond donors (Lipinski definition) is 1. The zero-order valence-corrected chi connectivity index (χ0v) is 10.9. The van der Waals surface area contributed by atoms with E-state index in [4.69, 9.17) is 5.73 Å². The van der Waals surface area contributed by atoms with Crippen LogP contribution in [0.25, 0.3) is 0 Å². The van der Waals surface area contributed by atoms with Gasteiger partial charge in [0.25, 0.3) is 0 Å². The highest BCUT2D eigenvalue weighted by Gasteiger charge is 2.04. The Labute approximate surface area is 108 Å². The lowest BCUT2D eigenvalue weighted by Gasteiger charge is -2.19. The van der Waals surface area contributed by atoms with Crippen molar-refractivity contribution in [1.82, 2.24) is 4.98 Å². The van der Waals surface area contributed by atoms with Gasteiger partial charge in [0.2, 0.25) is 0 Å². The Kier molecular flexibility index (Phi) is 3.95. The van der Waals surface area contributed by atoms with Gasteiger partial charge in [-0.1, -0.05) is 18.2 Å². The number of aromatic nitrogens is 1. The Bertz CT molecular complexity index is 477. The van der Waals surface area contributed by atoms with Crippen LogP contribution in [0.1, 0.15) is 24.2 Å². The van der Waals surface area contributed by atoms with Gasteiger partial charge in [0, 0.05) is 25.0 Å². The summed E-state index contributed by atoms with van der Waals surface area (Å²) in [6, 6.07) is 14.4. The average molecular weight is 241 g/mol. The minimum absolute atomic E-state index is 0.0835. The Hall–Kier alpha value is -1.87. The van der Waals surface area contributed by atoms with Gasteiger partial charge in [-0.2, -0.15) is 0 Å². The molecule has 0 spiro atoms. The van der Waals surface area contributed by atoms with Crippen LogP contribution in [0.3, 0.4) is 0 Å². The van der Waals surface area contributed by atoms with Gasteiger partial charge in [-0.25, -0.2) is 0 Å². The largest absolute Gasteiger partial charge is 0.369 e. The molecule has 94 valence electrons. The lowest BCUT2D eigenvalue weighted by atomic mass is 10.1. The molecule has 1 aromatic carbocycles. The Morgan fingerprint density at radius 2 is 1.89 bits per heavy atom. The van der Waals surface area contributed by atoms with Crippen LogP contribution < -0.4 is 10.6 Å². The van der Waals surface area contributed by atoms with Crippen molar-refractivity contribution in [2.75, 3.05) is 11.9 Å². The van der Waals surface area contributed by atoms with Crippen molar-refractivity contribution in [3.05, 3.63) is 59.9 Å². The topological polar surface area (TPSA) is 42.1 Å². The predicted octanol–water partition coefficient (Wildman–Crippen LogP) is 2.74. The van der Waals surface area contributed by atoms with Crippen LogP contribution in [0.4, 0.5) is 5.69 Å². The summed E-state index contributed by atoms with van der Waals surface area (Å²) < 4.78 is 0. The third-order valence-corrected chi connectivity index (χ3v) is 2.98. The maximum Gasteiger partial charge on any atom is 0.0598 e. The molecule has 3 nitrogen and oxygen atoms in total. The first-order valence-electron chi connectivity index (χ1n) is 6.13. The number of rotatable bonds is 4. The summed E-state index contributed by atoms with van der Waals surface area (Å²) in [6.07, 6.45) is 1.82. The Balaban J connectivity index is 2.07. The van der Waals surface area contributed by atoms with Crippen LogP contribution in [0.15, 0.2) is 48.7 Å². The van der Waals surface area contributed by atoms with Crippen molar-refractivity contribution in [3.8, 4) is 0 Å². The highest BCUT2D eigenvalue weighted by atomic mass is 15.1. The second-order valence-electron chi connectivity index (χ2n) is 4.56. The first-order valence-corrected chi connectivity index (χ1v) is 6.13. The SMILES string of the molecule is C[C@H](N)c1ccc(N(C)Cc2ccccn2)cc1. The normalized spacial score (nSPS) is 12.2. The molecule has 0 unspecified atom stereocenters. The zero-order chi connectivity index (χ0) is 13.0. The van der Waals surface area contributed by atoms with E-state index in [2.05, 4.69) is 41.2 Å². The molecular weight excluding hydrogens is 222 g/mol. The molecule has 2 N–H and O–H groups in total. The third kappa shape index (κ3) is 3.08.